The van der Waals surface area contributed by atoms with Crippen molar-refractivity contribution >= 4 is 5.69 Å². The fourth-order valence-electron chi connectivity index (χ4n) is 2.53. The minimum atomic E-state index is 0.0710. The van der Waals surface area contributed by atoms with Crippen LogP contribution in [0.5, 0.6) is 5.75 Å². The molecule has 1 aromatic rings. The summed E-state index contributed by atoms with van der Waals surface area (Å²) in [5.74, 6) is 0.986. The molecule has 0 bridgehead atoms. The number of ether oxygens (including phenoxy) is 2. The molecule has 1 saturated heterocycles. The Kier molecular flexibility index (Phi) is 5.48. The van der Waals surface area contributed by atoms with Crippen molar-refractivity contribution in [1.29, 1.82) is 0 Å². The van der Waals surface area contributed by atoms with E-state index in [1.807, 2.05) is 0 Å². The van der Waals surface area contributed by atoms with Gasteiger partial charge in [0, 0.05) is 24.8 Å². The molecule has 0 atom stereocenters. The molecular formula is C17H28N2O2. The number of hydrogen-bond acceptors (Lipinski definition) is 4. The van der Waals surface area contributed by atoms with Crippen LogP contribution in [0.25, 0.3) is 0 Å². The van der Waals surface area contributed by atoms with E-state index >= 15 is 0 Å². The average molecular weight is 292 g/mol. The maximum atomic E-state index is 6.00. The van der Waals surface area contributed by atoms with Crippen molar-refractivity contribution in [3.63, 3.8) is 0 Å². The molecule has 1 heterocycles. The summed E-state index contributed by atoms with van der Waals surface area (Å²) in [6, 6.07) is 6.56. The second-order valence-electron chi connectivity index (χ2n) is 6.52. The topological polar surface area (TPSA) is 47.7 Å². The number of nitrogens with two attached hydrogens (primary N) is 1. The second kappa shape index (κ2) is 7.14. The first kappa shape index (κ1) is 16.1. The van der Waals surface area contributed by atoms with Crippen LogP contribution in [-0.4, -0.2) is 39.5 Å². The van der Waals surface area contributed by atoms with Gasteiger partial charge in [-0.25, -0.2) is 0 Å². The lowest BCUT2D eigenvalue weighted by molar-refractivity contribution is 0.122. The molecule has 2 rings (SSSR count). The zero-order valence-electron chi connectivity index (χ0n) is 13.5. The summed E-state index contributed by atoms with van der Waals surface area (Å²) in [7, 11) is 0. The third-order valence-electron chi connectivity index (χ3n) is 3.76. The average Bonchev–Trinajstić information content (AvgIpc) is 2.47. The fraction of sp³-hybridized carbons (Fsp3) is 0.647. The van der Waals surface area contributed by atoms with Crippen molar-refractivity contribution in [2.75, 3.05) is 44.4 Å². The largest absolute Gasteiger partial charge is 0.493 e. The van der Waals surface area contributed by atoms with E-state index in [1.54, 1.807) is 0 Å². The molecule has 0 saturated carbocycles. The minimum absolute atomic E-state index is 0.0710. The molecule has 0 amide bonds. The van der Waals surface area contributed by atoms with E-state index in [4.69, 9.17) is 15.2 Å². The van der Waals surface area contributed by atoms with Gasteiger partial charge >= 0.3 is 0 Å². The molecule has 1 aliphatic rings. The molecule has 1 aliphatic heterocycles. The highest BCUT2D eigenvalue weighted by atomic mass is 16.5. The molecule has 118 valence electrons. The summed E-state index contributed by atoms with van der Waals surface area (Å²) in [5.41, 5.74) is 8.10. The zero-order chi connectivity index (χ0) is 15.3. The van der Waals surface area contributed by atoms with E-state index < -0.39 is 0 Å². The fourth-order valence-corrected chi connectivity index (χ4v) is 2.53. The molecular weight excluding hydrogens is 264 g/mol. The molecule has 4 heteroatoms. The van der Waals surface area contributed by atoms with Gasteiger partial charge < -0.3 is 20.1 Å². The van der Waals surface area contributed by atoms with Gasteiger partial charge in [0.1, 0.15) is 5.75 Å². The number of morpholine rings is 1. The Morgan fingerprint density at radius 1 is 1.24 bits per heavy atom. The van der Waals surface area contributed by atoms with Gasteiger partial charge in [-0.3, -0.25) is 0 Å². The molecule has 2 N–H and O–H groups in total. The maximum absolute atomic E-state index is 6.00. The van der Waals surface area contributed by atoms with Gasteiger partial charge in [0.05, 0.1) is 19.8 Å². The van der Waals surface area contributed by atoms with Gasteiger partial charge in [-0.15, -0.1) is 0 Å². The molecule has 0 aliphatic carbocycles. The normalized spacial score (nSPS) is 16.1. The third kappa shape index (κ3) is 4.35. The van der Waals surface area contributed by atoms with Gasteiger partial charge in [0.15, 0.2) is 0 Å². The second-order valence-corrected chi connectivity index (χ2v) is 6.52. The lowest BCUT2D eigenvalue weighted by Crippen LogP contribution is -2.36. The van der Waals surface area contributed by atoms with Gasteiger partial charge in [-0.1, -0.05) is 26.8 Å². The van der Waals surface area contributed by atoms with Crippen LogP contribution in [0.3, 0.4) is 0 Å². The van der Waals surface area contributed by atoms with Crippen LogP contribution in [0.4, 0.5) is 5.69 Å². The number of nitrogens with zero attached hydrogens (tertiary/aromatic N) is 1. The number of rotatable bonds is 5. The van der Waals surface area contributed by atoms with E-state index in [9.17, 15) is 0 Å². The first-order valence-electron chi connectivity index (χ1n) is 7.82. The van der Waals surface area contributed by atoms with Crippen LogP contribution >= 0.6 is 0 Å². The third-order valence-corrected chi connectivity index (χ3v) is 3.76. The number of hydrogen-bond donors (Lipinski definition) is 1. The Morgan fingerprint density at radius 2 is 1.95 bits per heavy atom. The lowest BCUT2D eigenvalue weighted by atomic mass is 9.86. The summed E-state index contributed by atoms with van der Waals surface area (Å²) >= 11 is 0. The predicted octanol–water partition coefficient (Wildman–Crippen LogP) is 2.55. The number of anilines is 1. The molecule has 0 aromatic heterocycles. The van der Waals surface area contributed by atoms with Crippen molar-refractivity contribution in [3.8, 4) is 5.75 Å². The Bertz CT molecular complexity index is 449. The van der Waals surface area contributed by atoms with Gasteiger partial charge in [0.25, 0.3) is 0 Å². The van der Waals surface area contributed by atoms with Crippen LogP contribution in [0.1, 0.15) is 32.8 Å². The van der Waals surface area contributed by atoms with E-state index in [0.29, 0.717) is 13.2 Å². The highest BCUT2D eigenvalue weighted by molar-refractivity contribution is 5.55. The summed E-state index contributed by atoms with van der Waals surface area (Å²) in [4.78, 5) is 2.35. The van der Waals surface area contributed by atoms with Gasteiger partial charge in [-0.05, 0) is 30.0 Å². The SMILES string of the molecule is CC(C)(C)c1ccc(N2CCOCC2)cc1OCCCN. The van der Waals surface area contributed by atoms with Gasteiger partial charge in [-0.2, -0.15) is 0 Å². The summed E-state index contributed by atoms with van der Waals surface area (Å²) in [6.07, 6.45) is 0.880. The van der Waals surface area contributed by atoms with Crippen LogP contribution in [-0.2, 0) is 10.2 Å². The first-order chi connectivity index (χ1) is 10.0. The van der Waals surface area contributed by atoms with Crippen LogP contribution < -0.4 is 15.4 Å². The Morgan fingerprint density at radius 3 is 2.57 bits per heavy atom. The van der Waals surface area contributed by atoms with Crippen molar-refractivity contribution in [3.05, 3.63) is 23.8 Å². The quantitative estimate of drug-likeness (QED) is 0.847. The van der Waals surface area contributed by atoms with Crippen LogP contribution in [0.15, 0.2) is 18.2 Å². The summed E-state index contributed by atoms with van der Waals surface area (Å²) < 4.78 is 11.4. The Balaban J connectivity index is 2.22. The van der Waals surface area contributed by atoms with E-state index in [1.165, 1.54) is 11.3 Å². The molecule has 0 radical (unpaired) electrons. The van der Waals surface area contributed by atoms with Crippen molar-refractivity contribution in [2.24, 2.45) is 5.73 Å². The zero-order valence-corrected chi connectivity index (χ0v) is 13.5. The van der Waals surface area contributed by atoms with Crippen LogP contribution in [0, 0.1) is 0 Å². The van der Waals surface area contributed by atoms with Gasteiger partial charge in [0.2, 0.25) is 0 Å². The van der Waals surface area contributed by atoms with E-state index in [0.717, 1.165) is 38.5 Å². The number of benzene rings is 1. The summed E-state index contributed by atoms with van der Waals surface area (Å²) in [6.45, 7) is 11.5. The first-order valence-corrected chi connectivity index (χ1v) is 7.82. The molecule has 0 spiro atoms. The molecule has 4 nitrogen and oxygen atoms in total. The minimum Gasteiger partial charge on any atom is -0.493 e. The summed E-state index contributed by atoms with van der Waals surface area (Å²) in [5, 5.41) is 0. The van der Waals surface area contributed by atoms with Crippen molar-refractivity contribution in [2.45, 2.75) is 32.6 Å². The Hall–Kier alpha value is -1.26. The molecule has 0 unspecified atom stereocenters. The predicted molar refractivity (Wildman–Crippen MR) is 87.3 cm³/mol. The van der Waals surface area contributed by atoms with E-state index in [2.05, 4.69) is 43.9 Å². The highest BCUT2D eigenvalue weighted by Crippen LogP contribution is 2.34. The van der Waals surface area contributed by atoms with Crippen molar-refractivity contribution in [1.82, 2.24) is 0 Å². The smallest absolute Gasteiger partial charge is 0.125 e. The lowest BCUT2D eigenvalue weighted by Gasteiger charge is -2.30. The highest BCUT2D eigenvalue weighted by Gasteiger charge is 2.21. The Labute approximate surface area is 128 Å². The van der Waals surface area contributed by atoms with Crippen molar-refractivity contribution < 1.29 is 9.47 Å². The molecule has 1 fully saturated rings. The molecule has 1 aromatic carbocycles. The maximum Gasteiger partial charge on any atom is 0.125 e. The standard InChI is InChI=1S/C17H28N2O2/c1-17(2,3)15-6-5-14(19-8-11-20-12-9-19)13-16(15)21-10-4-7-18/h5-6,13H,4,7-12,18H2,1-3H3. The molecule has 21 heavy (non-hydrogen) atoms. The van der Waals surface area contributed by atoms with Crippen LogP contribution in [0.2, 0.25) is 0 Å². The monoisotopic (exact) mass is 292 g/mol. The van der Waals surface area contributed by atoms with E-state index in [-0.39, 0.29) is 5.41 Å².